The first-order valence-corrected chi connectivity index (χ1v) is 8.82. The van der Waals surface area contributed by atoms with Crippen molar-refractivity contribution in [3.63, 3.8) is 0 Å². The second-order valence-corrected chi connectivity index (χ2v) is 6.47. The largest absolute Gasteiger partial charge is 0.350 e. The molecule has 1 aliphatic rings. The third-order valence-corrected chi connectivity index (χ3v) is 4.61. The number of rotatable bonds is 6. The molecule has 1 atom stereocenters. The summed E-state index contributed by atoms with van der Waals surface area (Å²) in [6, 6.07) is 18.0. The molecule has 1 fully saturated rings. The molecule has 0 radical (unpaired) electrons. The highest BCUT2D eigenvalue weighted by molar-refractivity contribution is 6.02. The van der Waals surface area contributed by atoms with Gasteiger partial charge in [-0.3, -0.25) is 19.3 Å². The van der Waals surface area contributed by atoms with E-state index in [1.807, 2.05) is 49.4 Å². The number of amides is 3. The third-order valence-electron chi connectivity index (χ3n) is 4.61. The zero-order valence-corrected chi connectivity index (χ0v) is 14.8. The molecule has 2 aromatic rings. The normalized spacial score (nSPS) is 15.2. The van der Waals surface area contributed by atoms with Crippen LogP contribution in [-0.2, 0) is 14.4 Å². The van der Waals surface area contributed by atoms with Crippen molar-refractivity contribution in [1.82, 2.24) is 10.2 Å². The van der Waals surface area contributed by atoms with Gasteiger partial charge in [-0.25, -0.2) is 0 Å². The standard InChI is InChI=1S/C21H22N2O3/c1-15(22-19(24)13-14-23-20(25)11-12-21(23)26)16-7-9-18(10-8-16)17-5-3-2-4-6-17/h2-10,15H,11-14H2,1H3,(H,22,24). The second-order valence-electron chi connectivity index (χ2n) is 6.47. The Labute approximate surface area is 153 Å². The van der Waals surface area contributed by atoms with E-state index >= 15 is 0 Å². The minimum absolute atomic E-state index is 0.129. The molecule has 1 saturated heterocycles. The molecule has 0 aliphatic carbocycles. The second kappa shape index (κ2) is 7.95. The van der Waals surface area contributed by atoms with E-state index in [9.17, 15) is 14.4 Å². The fourth-order valence-electron chi connectivity index (χ4n) is 3.08. The maximum Gasteiger partial charge on any atom is 0.229 e. The molecule has 3 rings (SSSR count). The van der Waals surface area contributed by atoms with Crippen LogP contribution in [0.3, 0.4) is 0 Å². The van der Waals surface area contributed by atoms with Gasteiger partial charge >= 0.3 is 0 Å². The molecule has 1 N–H and O–H groups in total. The number of carbonyl (C=O) groups excluding carboxylic acids is 3. The highest BCUT2D eigenvalue weighted by atomic mass is 16.2. The van der Waals surface area contributed by atoms with Gasteiger partial charge in [0.05, 0.1) is 6.04 Å². The van der Waals surface area contributed by atoms with E-state index in [1.165, 1.54) is 4.90 Å². The summed E-state index contributed by atoms with van der Waals surface area (Å²) in [7, 11) is 0. The highest BCUT2D eigenvalue weighted by Crippen LogP contribution is 2.22. The smallest absolute Gasteiger partial charge is 0.229 e. The Morgan fingerprint density at radius 1 is 0.962 bits per heavy atom. The molecule has 1 unspecified atom stereocenters. The number of benzene rings is 2. The number of carbonyl (C=O) groups is 3. The third kappa shape index (κ3) is 4.17. The van der Waals surface area contributed by atoms with Crippen LogP contribution in [0.5, 0.6) is 0 Å². The van der Waals surface area contributed by atoms with Crippen molar-refractivity contribution in [2.75, 3.05) is 6.54 Å². The number of nitrogens with zero attached hydrogens (tertiary/aromatic N) is 1. The first-order valence-electron chi connectivity index (χ1n) is 8.82. The molecule has 26 heavy (non-hydrogen) atoms. The molecular formula is C21H22N2O3. The molecule has 5 nitrogen and oxygen atoms in total. The van der Waals surface area contributed by atoms with Crippen molar-refractivity contribution in [2.45, 2.75) is 32.2 Å². The Bertz CT molecular complexity index is 784. The van der Waals surface area contributed by atoms with Gasteiger partial charge in [-0.2, -0.15) is 0 Å². The van der Waals surface area contributed by atoms with E-state index in [4.69, 9.17) is 0 Å². The Balaban J connectivity index is 1.54. The molecule has 1 heterocycles. The van der Waals surface area contributed by atoms with Crippen LogP contribution >= 0.6 is 0 Å². The summed E-state index contributed by atoms with van der Waals surface area (Å²) in [6.45, 7) is 2.07. The molecule has 0 spiro atoms. The monoisotopic (exact) mass is 350 g/mol. The first-order chi connectivity index (χ1) is 12.5. The quantitative estimate of drug-likeness (QED) is 0.814. The number of hydrogen-bond donors (Lipinski definition) is 1. The summed E-state index contributed by atoms with van der Waals surface area (Å²) in [6.07, 6.45) is 0.638. The van der Waals surface area contributed by atoms with E-state index < -0.39 is 0 Å². The van der Waals surface area contributed by atoms with Gasteiger partial charge in [0.2, 0.25) is 17.7 Å². The number of nitrogens with one attached hydrogen (secondary N) is 1. The summed E-state index contributed by atoms with van der Waals surface area (Å²) >= 11 is 0. The van der Waals surface area contributed by atoms with Gasteiger partial charge in [-0.15, -0.1) is 0 Å². The van der Waals surface area contributed by atoms with Crippen LogP contribution in [0.4, 0.5) is 0 Å². The van der Waals surface area contributed by atoms with Crippen molar-refractivity contribution in [3.05, 3.63) is 60.2 Å². The van der Waals surface area contributed by atoms with Crippen LogP contribution < -0.4 is 5.32 Å². The Morgan fingerprint density at radius 3 is 2.15 bits per heavy atom. The lowest BCUT2D eigenvalue weighted by atomic mass is 10.0. The molecule has 3 amide bonds. The van der Waals surface area contributed by atoms with Crippen LogP contribution in [0.1, 0.15) is 37.8 Å². The lowest BCUT2D eigenvalue weighted by molar-refractivity contribution is -0.138. The van der Waals surface area contributed by atoms with Crippen LogP contribution in [0, 0.1) is 0 Å². The topological polar surface area (TPSA) is 66.5 Å². The minimum atomic E-state index is -0.188. The summed E-state index contributed by atoms with van der Waals surface area (Å²) < 4.78 is 0. The van der Waals surface area contributed by atoms with E-state index in [1.54, 1.807) is 0 Å². The van der Waals surface area contributed by atoms with E-state index in [2.05, 4.69) is 17.4 Å². The summed E-state index contributed by atoms with van der Waals surface area (Å²) in [5.41, 5.74) is 3.28. The molecule has 1 aliphatic heterocycles. The van der Waals surface area contributed by atoms with Crippen molar-refractivity contribution < 1.29 is 14.4 Å². The van der Waals surface area contributed by atoms with Gasteiger partial charge in [-0.05, 0) is 23.6 Å². The predicted octanol–water partition coefficient (Wildman–Crippen LogP) is 3.07. The van der Waals surface area contributed by atoms with Gasteiger partial charge in [0.1, 0.15) is 0 Å². The van der Waals surface area contributed by atoms with Gasteiger partial charge in [0.25, 0.3) is 0 Å². The SMILES string of the molecule is CC(NC(=O)CCN1C(=O)CCC1=O)c1ccc(-c2ccccc2)cc1. The number of imide groups is 1. The summed E-state index contributed by atoms with van der Waals surface area (Å²) in [5, 5.41) is 2.92. The maximum absolute atomic E-state index is 12.1. The van der Waals surface area contributed by atoms with Gasteiger partial charge in [-0.1, -0.05) is 54.6 Å². The molecule has 5 heteroatoms. The average Bonchev–Trinajstić information content (AvgIpc) is 2.98. The molecule has 0 saturated carbocycles. The van der Waals surface area contributed by atoms with Crippen molar-refractivity contribution in [1.29, 1.82) is 0 Å². The van der Waals surface area contributed by atoms with E-state index in [-0.39, 0.29) is 49.6 Å². The Morgan fingerprint density at radius 2 is 1.54 bits per heavy atom. The van der Waals surface area contributed by atoms with Crippen molar-refractivity contribution in [2.24, 2.45) is 0 Å². The highest BCUT2D eigenvalue weighted by Gasteiger charge is 2.28. The van der Waals surface area contributed by atoms with Crippen molar-refractivity contribution in [3.8, 4) is 11.1 Å². The zero-order chi connectivity index (χ0) is 18.5. The zero-order valence-electron chi connectivity index (χ0n) is 14.8. The fourth-order valence-corrected chi connectivity index (χ4v) is 3.08. The summed E-state index contributed by atoms with van der Waals surface area (Å²) in [5.74, 6) is -0.545. The lowest BCUT2D eigenvalue weighted by Crippen LogP contribution is -2.34. The van der Waals surface area contributed by atoms with Crippen LogP contribution in [0.15, 0.2) is 54.6 Å². The lowest BCUT2D eigenvalue weighted by Gasteiger charge is -2.17. The summed E-state index contributed by atoms with van der Waals surface area (Å²) in [4.78, 5) is 36.4. The molecule has 134 valence electrons. The fraction of sp³-hybridized carbons (Fsp3) is 0.286. The molecule has 2 aromatic carbocycles. The Hall–Kier alpha value is -2.95. The maximum atomic E-state index is 12.1. The number of likely N-dealkylation sites (tertiary alicyclic amines) is 1. The average molecular weight is 350 g/mol. The van der Waals surface area contributed by atoms with Gasteiger partial charge in [0.15, 0.2) is 0 Å². The first kappa shape index (κ1) is 17.9. The Kier molecular flexibility index (Phi) is 5.46. The van der Waals surface area contributed by atoms with Gasteiger partial charge < -0.3 is 5.32 Å². The van der Waals surface area contributed by atoms with E-state index in [0.717, 1.165) is 16.7 Å². The molecule has 0 aromatic heterocycles. The molecular weight excluding hydrogens is 328 g/mol. The molecule has 0 bridgehead atoms. The van der Waals surface area contributed by atoms with Crippen LogP contribution in [0.25, 0.3) is 11.1 Å². The van der Waals surface area contributed by atoms with E-state index in [0.29, 0.717) is 0 Å². The number of hydrogen-bond acceptors (Lipinski definition) is 3. The van der Waals surface area contributed by atoms with Crippen LogP contribution in [0.2, 0.25) is 0 Å². The predicted molar refractivity (Wildman–Crippen MR) is 99.0 cm³/mol. The van der Waals surface area contributed by atoms with Crippen molar-refractivity contribution >= 4 is 17.7 Å². The van der Waals surface area contributed by atoms with Gasteiger partial charge in [0, 0.05) is 25.8 Å². The van der Waals surface area contributed by atoms with Crippen LogP contribution in [-0.4, -0.2) is 29.2 Å². The minimum Gasteiger partial charge on any atom is -0.350 e.